The second-order valence-corrected chi connectivity index (χ2v) is 4.97. The van der Waals surface area contributed by atoms with Crippen LogP contribution in [-0.2, 0) is 13.2 Å². The van der Waals surface area contributed by atoms with Gasteiger partial charge in [0.1, 0.15) is 6.61 Å². The van der Waals surface area contributed by atoms with Gasteiger partial charge >= 0.3 is 0 Å². The third kappa shape index (κ3) is 4.53. The van der Waals surface area contributed by atoms with Crippen molar-refractivity contribution < 1.29 is 9.13 Å². The third-order valence-electron chi connectivity index (χ3n) is 3.13. The van der Waals surface area contributed by atoms with Crippen molar-refractivity contribution in [1.29, 1.82) is 0 Å². The van der Waals surface area contributed by atoms with E-state index in [4.69, 9.17) is 4.74 Å². The molecule has 0 radical (unpaired) electrons. The number of hydrogen-bond donors (Lipinski definition) is 1. The van der Waals surface area contributed by atoms with Gasteiger partial charge in [0.15, 0.2) is 11.6 Å². The molecule has 2 aromatic rings. The molecule has 1 aromatic heterocycles. The fraction of sp³-hybridized carbons (Fsp3) is 0.353. The molecule has 1 heterocycles. The zero-order valence-corrected chi connectivity index (χ0v) is 12.5. The van der Waals surface area contributed by atoms with Crippen LogP contribution in [0.25, 0.3) is 0 Å². The molecule has 2 rings (SSSR count). The molecule has 112 valence electrons. The molecule has 0 bridgehead atoms. The smallest absolute Gasteiger partial charge is 0.167 e. The number of benzene rings is 1. The zero-order valence-electron chi connectivity index (χ0n) is 12.5. The summed E-state index contributed by atoms with van der Waals surface area (Å²) in [5.41, 5.74) is 2.35. The van der Waals surface area contributed by atoms with E-state index in [0.29, 0.717) is 5.56 Å². The van der Waals surface area contributed by atoms with Crippen molar-refractivity contribution in [2.24, 2.45) is 0 Å². The molecule has 3 nitrogen and oxygen atoms in total. The predicted octanol–water partition coefficient (Wildman–Crippen LogP) is 3.61. The molecule has 0 aliphatic carbocycles. The lowest BCUT2D eigenvalue weighted by Gasteiger charge is -2.09. The summed E-state index contributed by atoms with van der Waals surface area (Å²) < 4.78 is 19.4. The van der Waals surface area contributed by atoms with Crippen molar-refractivity contribution >= 4 is 0 Å². The van der Waals surface area contributed by atoms with Gasteiger partial charge in [-0.2, -0.15) is 0 Å². The Morgan fingerprint density at radius 3 is 2.71 bits per heavy atom. The predicted molar refractivity (Wildman–Crippen MR) is 81.7 cm³/mol. The van der Waals surface area contributed by atoms with Crippen molar-refractivity contribution in [3.8, 4) is 5.75 Å². The van der Waals surface area contributed by atoms with Crippen LogP contribution in [-0.4, -0.2) is 11.5 Å². The molecule has 0 fully saturated rings. The van der Waals surface area contributed by atoms with Crippen LogP contribution in [0.15, 0.2) is 36.4 Å². The van der Waals surface area contributed by atoms with Crippen LogP contribution in [0.5, 0.6) is 5.75 Å². The van der Waals surface area contributed by atoms with Crippen LogP contribution in [0.4, 0.5) is 4.39 Å². The first-order valence-electron chi connectivity index (χ1n) is 7.24. The summed E-state index contributed by atoms with van der Waals surface area (Å²) in [7, 11) is 0. The average molecular weight is 288 g/mol. The number of nitrogens with one attached hydrogen (secondary N) is 1. The molecule has 0 unspecified atom stereocenters. The largest absolute Gasteiger partial charge is 0.484 e. The third-order valence-corrected chi connectivity index (χ3v) is 3.13. The minimum Gasteiger partial charge on any atom is -0.484 e. The lowest BCUT2D eigenvalue weighted by atomic mass is 10.2. The van der Waals surface area contributed by atoms with Crippen molar-refractivity contribution in [1.82, 2.24) is 10.3 Å². The van der Waals surface area contributed by atoms with Crippen LogP contribution >= 0.6 is 0 Å². The normalized spacial score (nSPS) is 10.6. The van der Waals surface area contributed by atoms with Crippen LogP contribution in [0.3, 0.4) is 0 Å². The number of halogens is 1. The van der Waals surface area contributed by atoms with Crippen LogP contribution < -0.4 is 10.1 Å². The van der Waals surface area contributed by atoms with Gasteiger partial charge in [-0.25, -0.2) is 4.39 Å². The molecule has 0 amide bonds. The molecule has 21 heavy (non-hydrogen) atoms. The van der Waals surface area contributed by atoms with Gasteiger partial charge in [0, 0.05) is 6.54 Å². The first-order valence-corrected chi connectivity index (χ1v) is 7.24. The first-order chi connectivity index (χ1) is 10.2. The summed E-state index contributed by atoms with van der Waals surface area (Å²) in [6, 6.07) is 10.9. The Balaban J connectivity index is 1.96. The van der Waals surface area contributed by atoms with E-state index in [0.717, 1.165) is 30.9 Å². The Hall–Kier alpha value is -1.94. The summed E-state index contributed by atoms with van der Waals surface area (Å²) in [6.45, 7) is 5.82. The van der Waals surface area contributed by atoms with E-state index in [9.17, 15) is 4.39 Å². The Labute approximate surface area is 125 Å². The first kappa shape index (κ1) is 15.4. The van der Waals surface area contributed by atoms with Gasteiger partial charge in [0.05, 0.1) is 11.4 Å². The van der Waals surface area contributed by atoms with E-state index in [1.807, 2.05) is 18.2 Å². The molecule has 0 aliphatic heterocycles. The number of aromatic nitrogens is 1. The van der Waals surface area contributed by atoms with E-state index in [1.54, 1.807) is 25.1 Å². The molecule has 0 saturated heterocycles. The molecule has 0 spiro atoms. The van der Waals surface area contributed by atoms with Crippen molar-refractivity contribution in [2.45, 2.75) is 33.4 Å². The fourth-order valence-corrected chi connectivity index (χ4v) is 1.99. The number of ether oxygens (including phenoxy) is 1. The highest BCUT2D eigenvalue weighted by Gasteiger charge is 2.06. The Morgan fingerprint density at radius 1 is 1.14 bits per heavy atom. The highest BCUT2D eigenvalue weighted by molar-refractivity contribution is 5.30. The lowest BCUT2D eigenvalue weighted by molar-refractivity contribution is 0.285. The molecular formula is C17H21FN2O. The maximum absolute atomic E-state index is 13.8. The molecule has 1 aromatic carbocycles. The van der Waals surface area contributed by atoms with E-state index < -0.39 is 0 Å². The van der Waals surface area contributed by atoms with Gasteiger partial charge in [-0.1, -0.05) is 25.1 Å². The van der Waals surface area contributed by atoms with Gasteiger partial charge < -0.3 is 10.1 Å². The summed E-state index contributed by atoms with van der Waals surface area (Å²) in [5.74, 6) is -0.0374. The Morgan fingerprint density at radius 2 is 1.90 bits per heavy atom. The van der Waals surface area contributed by atoms with E-state index in [-0.39, 0.29) is 18.2 Å². The Kier molecular flexibility index (Phi) is 5.69. The van der Waals surface area contributed by atoms with E-state index in [2.05, 4.69) is 17.2 Å². The Bertz CT molecular complexity index is 587. The minimum absolute atomic E-state index is 0.266. The SMILES string of the molecule is CCCNCc1cccc(COc2cccc(C)c2F)n1. The molecule has 4 heteroatoms. The van der Waals surface area contributed by atoms with Gasteiger partial charge in [0.25, 0.3) is 0 Å². The molecule has 1 N–H and O–H groups in total. The average Bonchev–Trinajstić information content (AvgIpc) is 2.50. The van der Waals surface area contributed by atoms with E-state index in [1.165, 1.54) is 0 Å². The number of nitrogens with zero attached hydrogens (tertiary/aromatic N) is 1. The van der Waals surface area contributed by atoms with Crippen LogP contribution in [0.2, 0.25) is 0 Å². The van der Waals surface area contributed by atoms with Gasteiger partial charge in [-0.05, 0) is 43.7 Å². The highest BCUT2D eigenvalue weighted by atomic mass is 19.1. The monoisotopic (exact) mass is 288 g/mol. The summed E-state index contributed by atoms with van der Waals surface area (Å²) in [6.07, 6.45) is 1.09. The van der Waals surface area contributed by atoms with Crippen molar-refractivity contribution in [2.75, 3.05) is 6.54 Å². The highest BCUT2D eigenvalue weighted by Crippen LogP contribution is 2.20. The van der Waals surface area contributed by atoms with Gasteiger partial charge in [0.2, 0.25) is 0 Å². The zero-order chi connectivity index (χ0) is 15.1. The fourth-order valence-electron chi connectivity index (χ4n) is 1.99. The van der Waals surface area contributed by atoms with Crippen molar-refractivity contribution in [3.05, 3.63) is 59.2 Å². The summed E-state index contributed by atoms with van der Waals surface area (Å²) >= 11 is 0. The molecule has 0 saturated carbocycles. The number of hydrogen-bond acceptors (Lipinski definition) is 3. The van der Waals surface area contributed by atoms with Crippen LogP contribution in [0.1, 0.15) is 30.3 Å². The summed E-state index contributed by atoms with van der Waals surface area (Å²) in [4.78, 5) is 4.50. The number of rotatable bonds is 7. The maximum atomic E-state index is 13.8. The molecule has 0 aliphatic rings. The lowest BCUT2D eigenvalue weighted by Crippen LogP contribution is -2.15. The van der Waals surface area contributed by atoms with E-state index >= 15 is 0 Å². The number of aryl methyl sites for hydroxylation is 1. The van der Waals surface area contributed by atoms with Gasteiger partial charge in [-0.3, -0.25) is 4.98 Å². The minimum atomic E-state index is -0.307. The van der Waals surface area contributed by atoms with Crippen LogP contribution in [0, 0.1) is 12.7 Å². The topological polar surface area (TPSA) is 34.1 Å². The molecular weight excluding hydrogens is 267 g/mol. The van der Waals surface area contributed by atoms with Gasteiger partial charge in [-0.15, -0.1) is 0 Å². The van der Waals surface area contributed by atoms with Crippen molar-refractivity contribution in [3.63, 3.8) is 0 Å². The second-order valence-electron chi connectivity index (χ2n) is 4.97. The molecule has 0 atom stereocenters. The summed E-state index contributed by atoms with van der Waals surface area (Å²) in [5, 5.41) is 3.31. The quantitative estimate of drug-likeness (QED) is 0.790. The maximum Gasteiger partial charge on any atom is 0.167 e. The number of pyridine rings is 1. The standard InChI is InChI=1S/C17H21FN2O/c1-3-10-19-11-14-7-5-8-15(20-14)12-21-16-9-4-6-13(2)17(16)18/h4-9,19H,3,10-12H2,1-2H3. The second kappa shape index (κ2) is 7.74.